The van der Waals surface area contributed by atoms with E-state index in [1.807, 2.05) is 30.3 Å². The molecule has 3 nitrogen and oxygen atoms in total. The Morgan fingerprint density at radius 2 is 1.13 bits per heavy atom. The average molecular weight is 423 g/mol. The molecular weight excluding hydrogens is 391 g/mol. The van der Waals surface area contributed by atoms with E-state index in [9.17, 15) is 0 Å². The Hall–Kier alpha value is -2.19. The van der Waals surface area contributed by atoms with Crippen LogP contribution in [0, 0.1) is 0 Å². The van der Waals surface area contributed by atoms with Crippen molar-refractivity contribution in [2.75, 3.05) is 0 Å². The van der Waals surface area contributed by atoms with Gasteiger partial charge in [0.25, 0.3) is 0 Å². The van der Waals surface area contributed by atoms with E-state index < -0.39 is 8.60 Å². The van der Waals surface area contributed by atoms with Crippen molar-refractivity contribution in [3.63, 3.8) is 0 Å². The molecule has 0 aliphatic rings. The molecule has 4 heteroatoms. The lowest BCUT2D eigenvalue weighted by Crippen LogP contribution is -2.00. The molecule has 0 fully saturated rings. The molecule has 0 saturated heterocycles. The summed E-state index contributed by atoms with van der Waals surface area (Å²) in [6, 6.07) is 26.7. The molecule has 0 atom stereocenters. The Bertz CT molecular complexity index is 853. The third kappa shape index (κ3) is 6.95. The minimum absolute atomic E-state index is 0.450. The van der Waals surface area contributed by atoms with Gasteiger partial charge in [-0.05, 0) is 46.2 Å². The van der Waals surface area contributed by atoms with Crippen molar-refractivity contribution in [2.45, 2.75) is 52.7 Å². The summed E-state index contributed by atoms with van der Waals surface area (Å²) in [6.07, 6.45) is 0. The molecule has 0 aliphatic carbocycles. The van der Waals surface area contributed by atoms with Crippen LogP contribution in [0.3, 0.4) is 0 Å². The Balaban J connectivity index is 1.67. The number of rotatable bonds is 10. The quantitative estimate of drug-likeness (QED) is 0.310. The highest BCUT2D eigenvalue weighted by molar-refractivity contribution is 7.42. The number of para-hydroxylation sites is 1. The molecule has 158 valence electrons. The van der Waals surface area contributed by atoms with Crippen LogP contribution >= 0.6 is 8.60 Å². The zero-order chi connectivity index (χ0) is 21.3. The van der Waals surface area contributed by atoms with Crippen molar-refractivity contribution in [1.29, 1.82) is 0 Å². The molecule has 3 aromatic carbocycles. The Kier molecular flexibility index (Phi) is 8.45. The van der Waals surface area contributed by atoms with Crippen LogP contribution in [0.4, 0.5) is 0 Å². The third-order valence-electron chi connectivity index (χ3n) is 4.83. The fraction of sp³-hybridized carbons (Fsp3) is 0.308. The van der Waals surface area contributed by atoms with Gasteiger partial charge in [-0.15, -0.1) is 0 Å². The first kappa shape index (κ1) is 22.5. The first-order chi connectivity index (χ1) is 14.5. The maximum absolute atomic E-state index is 6.09. The van der Waals surface area contributed by atoms with Gasteiger partial charge in [-0.25, -0.2) is 0 Å². The normalized spacial score (nSPS) is 11.4. The topological polar surface area (TPSA) is 27.7 Å². The lowest BCUT2D eigenvalue weighted by atomic mass is 10.0. The van der Waals surface area contributed by atoms with Gasteiger partial charge in [-0.3, -0.25) is 9.05 Å². The van der Waals surface area contributed by atoms with Gasteiger partial charge in [-0.2, -0.15) is 0 Å². The van der Waals surface area contributed by atoms with Crippen LogP contribution in [-0.4, -0.2) is 0 Å². The monoisotopic (exact) mass is 422 g/mol. The van der Waals surface area contributed by atoms with E-state index >= 15 is 0 Å². The molecule has 3 aromatic rings. The van der Waals surface area contributed by atoms with Crippen LogP contribution < -0.4 is 4.52 Å². The van der Waals surface area contributed by atoms with E-state index in [2.05, 4.69) is 76.2 Å². The smallest absolute Gasteiger partial charge is 0.397 e. The van der Waals surface area contributed by atoms with Gasteiger partial charge in [0.05, 0.1) is 13.2 Å². The molecular formula is C26H31O3P. The molecule has 0 radical (unpaired) electrons. The van der Waals surface area contributed by atoms with Gasteiger partial charge in [0.2, 0.25) is 0 Å². The van der Waals surface area contributed by atoms with E-state index in [4.69, 9.17) is 13.6 Å². The third-order valence-corrected chi connectivity index (χ3v) is 5.87. The van der Waals surface area contributed by atoms with Crippen molar-refractivity contribution in [3.8, 4) is 5.75 Å². The summed E-state index contributed by atoms with van der Waals surface area (Å²) in [5, 5.41) is 0. The summed E-state index contributed by atoms with van der Waals surface area (Å²) < 4.78 is 18.2. The number of hydrogen-bond acceptors (Lipinski definition) is 3. The molecule has 0 unspecified atom stereocenters. The van der Waals surface area contributed by atoms with Gasteiger partial charge in [0.1, 0.15) is 5.75 Å². The Morgan fingerprint density at radius 3 is 1.60 bits per heavy atom. The second kappa shape index (κ2) is 11.3. The Morgan fingerprint density at radius 1 is 0.633 bits per heavy atom. The SMILES string of the molecule is CC(C)c1cccc(COP(OCc2cccc(C(C)C)c2)Oc2ccccc2)c1. The molecule has 0 bridgehead atoms. The van der Waals surface area contributed by atoms with Gasteiger partial charge >= 0.3 is 8.60 Å². The van der Waals surface area contributed by atoms with Crippen LogP contribution in [-0.2, 0) is 22.3 Å². The maximum atomic E-state index is 6.09. The predicted molar refractivity (Wildman–Crippen MR) is 125 cm³/mol. The molecule has 0 aromatic heterocycles. The zero-order valence-electron chi connectivity index (χ0n) is 18.2. The van der Waals surface area contributed by atoms with E-state index in [1.165, 1.54) is 11.1 Å². The van der Waals surface area contributed by atoms with Crippen LogP contribution in [0.2, 0.25) is 0 Å². The summed E-state index contributed by atoms with van der Waals surface area (Å²) in [5.74, 6) is 1.71. The minimum Gasteiger partial charge on any atom is -0.427 e. The predicted octanol–water partition coefficient (Wildman–Crippen LogP) is 7.97. The summed E-state index contributed by atoms with van der Waals surface area (Å²) in [7, 11) is -1.53. The second-order valence-electron chi connectivity index (χ2n) is 7.97. The van der Waals surface area contributed by atoms with Crippen LogP contribution in [0.25, 0.3) is 0 Å². The van der Waals surface area contributed by atoms with Gasteiger partial charge in [0, 0.05) is 0 Å². The highest BCUT2D eigenvalue weighted by Crippen LogP contribution is 2.42. The molecule has 30 heavy (non-hydrogen) atoms. The summed E-state index contributed by atoms with van der Waals surface area (Å²) in [6.45, 7) is 9.68. The van der Waals surface area contributed by atoms with E-state index in [1.54, 1.807) is 0 Å². The number of benzene rings is 3. The van der Waals surface area contributed by atoms with Crippen molar-refractivity contribution in [3.05, 3.63) is 101 Å². The highest BCUT2D eigenvalue weighted by Gasteiger charge is 2.16. The van der Waals surface area contributed by atoms with Gasteiger partial charge < -0.3 is 4.52 Å². The molecule has 3 rings (SSSR count). The molecule has 0 saturated carbocycles. The molecule has 0 N–H and O–H groups in total. The average Bonchev–Trinajstić information content (AvgIpc) is 2.76. The van der Waals surface area contributed by atoms with Crippen molar-refractivity contribution in [2.24, 2.45) is 0 Å². The fourth-order valence-corrected chi connectivity index (χ4v) is 3.98. The lowest BCUT2D eigenvalue weighted by Gasteiger charge is -2.18. The van der Waals surface area contributed by atoms with Gasteiger partial charge in [-0.1, -0.05) is 94.4 Å². The first-order valence-electron chi connectivity index (χ1n) is 10.5. The summed E-state index contributed by atoms with van der Waals surface area (Å²) in [4.78, 5) is 0. The summed E-state index contributed by atoms with van der Waals surface area (Å²) >= 11 is 0. The van der Waals surface area contributed by atoms with E-state index in [0.717, 1.165) is 16.9 Å². The van der Waals surface area contributed by atoms with Gasteiger partial charge in [0.15, 0.2) is 0 Å². The standard InChI is InChI=1S/C26H31O3P/c1-20(2)24-12-8-10-22(16-24)18-27-30(29-26-14-6-5-7-15-26)28-19-23-11-9-13-25(17-23)21(3)4/h5-17,20-21H,18-19H2,1-4H3. The van der Waals surface area contributed by atoms with Crippen LogP contribution in [0.1, 0.15) is 61.8 Å². The van der Waals surface area contributed by atoms with Crippen LogP contribution in [0.15, 0.2) is 78.9 Å². The maximum Gasteiger partial charge on any atom is 0.397 e. The minimum atomic E-state index is -1.53. The molecule has 0 spiro atoms. The first-order valence-corrected chi connectivity index (χ1v) is 11.6. The van der Waals surface area contributed by atoms with E-state index in [-0.39, 0.29) is 0 Å². The largest absolute Gasteiger partial charge is 0.427 e. The van der Waals surface area contributed by atoms with E-state index in [0.29, 0.717) is 25.0 Å². The van der Waals surface area contributed by atoms with Crippen molar-refractivity contribution < 1.29 is 13.6 Å². The zero-order valence-corrected chi connectivity index (χ0v) is 19.1. The highest BCUT2D eigenvalue weighted by atomic mass is 31.2. The molecule has 0 aliphatic heterocycles. The van der Waals surface area contributed by atoms with Crippen molar-refractivity contribution >= 4 is 8.60 Å². The molecule has 0 heterocycles. The van der Waals surface area contributed by atoms with Crippen molar-refractivity contribution in [1.82, 2.24) is 0 Å². The lowest BCUT2D eigenvalue weighted by molar-refractivity contribution is 0.192. The second-order valence-corrected chi connectivity index (χ2v) is 9.12. The number of hydrogen-bond donors (Lipinski definition) is 0. The Labute approximate surface area is 182 Å². The summed E-state index contributed by atoms with van der Waals surface area (Å²) in [5.41, 5.74) is 4.85. The van der Waals surface area contributed by atoms with Crippen LogP contribution in [0.5, 0.6) is 5.75 Å². The fourth-order valence-electron chi connectivity index (χ4n) is 3.00. The molecule has 0 amide bonds.